The number of amides is 1. The SMILES string of the molecule is CC(=O)OCC(=O)N1CC[C@H](C)[C@@H]1COC1CCC(c2ccccc2)CC1. The van der Waals surface area contributed by atoms with Crippen LogP contribution in [0, 0.1) is 5.92 Å². The molecule has 5 heteroatoms. The number of nitrogens with zero attached hydrogens (tertiary/aromatic N) is 1. The summed E-state index contributed by atoms with van der Waals surface area (Å²) in [6.07, 6.45) is 5.71. The van der Waals surface area contributed by atoms with Gasteiger partial charge in [0, 0.05) is 13.5 Å². The number of esters is 1. The summed E-state index contributed by atoms with van der Waals surface area (Å²) in [6, 6.07) is 10.8. The van der Waals surface area contributed by atoms with Gasteiger partial charge in [-0.15, -0.1) is 0 Å². The van der Waals surface area contributed by atoms with Gasteiger partial charge in [-0.05, 0) is 49.5 Å². The predicted molar refractivity (Wildman–Crippen MR) is 103 cm³/mol. The fourth-order valence-corrected chi connectivity index (χ4v) is 4.34. The van der Waals surface area contributed by atoms with E-state index in [1.165, 1.54) is 12.5 Å². The molecule has 1 aliphatic heterocycles. The van der Waals surface area contributed by atoms with Crippen LogP contribution < -0.4 is 0 Å². The maximum atomic E-state index is 12.3. The Kier molecular flexibility index (Phi) is 6.89. The molecule has 0 unspecified atom stereocenters. The molecule has 1 amide bonds. The summed E-state index contributed by atoms with van der Waals surface area (Å²) in [6.45, 7) is 4.62. The molecule has 5 nitrogen and oxygen atoms in total. The molecule has 2 atom stereocenters. The van der Waals surface area contributed by atoms with Crippen LogP contribution in [-0.4, -0.2) is 48.7 Å². The lowest BCUT2D eigenvalue weighted by molar-refractivity contribution is -0.151. The van der Waals surface area contributed by atoms with Crippen LogP contribution in [-0.2, 0) is 19.1 Å². The number of hydrogen-bond acceptors (Lipinski definition) is 4. The number of hydrogen-bond donors (Lipinski definition) is 0. The molecule has 27 heavy (non-hydrogen) atoms. The first-order chi connectivity index (χ1) is 13.0. The number of likely N-dealkylation sites (tertiary alicyclic amines) is 1. The zero-order valence-electron chi connectivity index (χ0n) is 16.4. The monoisotopic (exact) mass is 373 g/mol. The molecule has 2 aliphatic rings. The van der Waals surface area contributed by atoms with Crippen molar-refractivity contribution >= 4 is 11.9 Å². The van der Waals surface area contributed by atoms with E-state index >= 15 is 0 Å². The van der Waals surface area contributed by atoms with E-state index in [1.807, 2.05) is 4.90 Å². The summed E-state index contributed by atoms with van der Waals surface area (Å²) in [4.78, 5) is 25.1. The lowest BCUT2D eigenvalue weighted by Gasteiger charge is -2.32. The molecule has 1 saturated heterocycles. The predicted octanol–water partition coefficient (Wildman–Crippen LogP) is 3.53. The fraction of sp³-hybridized carbons (Fsp3) is 0.636. The highest BCUT2D eigenvalue weighted by atomic mass is 16.5. The first kappa shape index (κ1) is 19.9. The molecule has 1 aliphatic carbocycles. The Morgan fingerprint density at radius 2 is 1.78 bits per heavy atom. The van der Waals surface area contributed by atoms with E-state index in [2.05, 4.69) is 37.3 Å². The average molecular weight is 373 g/mol. The minimum absolute atomic E-state index is 0.0832. The van der Waals surface area contributed by atoms with Gasteiger partial charge in [0.2, 0.25) is 0 Å². The Hall–Kier alpha value is -1.88. The van der Waals surface area contributed by atoms with Crippen LogP contribution in [0.25, 0.3) is 0 Å². The van der Waals surface area contributed by atoms with Crippen molar-refractivity contribution in [3.05, 3.63) is 35.9 Å². The van der Waals surface area contributed by atoms with Crippen molar-refractivity contribution in [2.45, 2.75) is 64.0 Å². The van der Waals surface area contributed by atoms with Crippen LogP contribution in [0.5, 0.6) is 0 Å². The van der Waals surface area contributed by atoms with Crippen LogP contribution in [0.2, 0.25) is 0 Å². The molecule has 1 heterocycles. The van der Waals surface area contributed by atoms with Gasteiger partial charge >= 0.3 is 5.97 Å². The Labute approximate surface area is 162 Å². The van der Waals surface area contributed by atoms with Gasteiger partial charge in [-0.1, -0.05) is 37.3 Å². The van der Waals surface area contributed by atoms with Gasteiger partial charge in [-0.25, -0.2) is 0 Å². The maximum Gasteiger partial charge on any atom is 0.303 e. The lowest BCUT2D eigenvalue weighted by atomic mass is 9.83. The zero-order valence-corrected chi connectivity index (χ0v) is 16.4. The van der Waals surface area contributed by atoms with Crippen molar-refractivity contribution in [2.24, 2.45) is 5.92 Å². The van der Waals surface area contributed by atoms with E-state index in [0.29, 0.717) is 18.4 Å². The molecule has 0 aromatic heterocycles. The van der Waals surface area contributed by atoms with Gasteiger partial charge in [0.25, 0.3) is 5.91 Å². The molecule has 2 fully saturated rings. The van der Waals surface area contributed by atoms with Crippen LogP contribution in [0.1, 0.15) is 57.4 Å². The molecule has 3 rings (SSSR count). The van der Waals surface area contributed by atoms with E-state index < -0.39 is 5.97 Å². The summed E-state index contributed by atoms with van der Waals surface area (Å²) in [5, 5.41) is 0. The van der Waals surface area contributed by atoms with Gasteiger partial charge in [-0.3, -0.25) is 9.59 Å². The summed E-state index contributed by atoms with van der Waals surface area (Å²) in [5.74, 6) is 0.514. The summed E-state index contributed by atoms with van der Waals surface area (Å²) in [7, 11) is 0. The largest absolute Gasteiger partial charge is 0.456 e. The van der Waals surface area contributed by atoms with E-state index in [0.717, 1.165) is 38.6 Å². The second kappa shape index (κ2) is 9.36. The van der Waals surface area contributed by atoms with Gasteiger partial charge in [0.1, 0.15) is 0 Å². The zero-order chi connectivity index (χ0) is 19.2. The number of rotatable bonds is 6. The van der Waals surface area contributed by atoms with Gasteiger partial charge in [-0.2, -0.15) is 0 Å². The van der Waals surface area contributed by atoms with E-state index in [9.17, 15) is 9.59 Å². The highest BCUT2D eigenvalue weighted by Crippen LogP contribution is 2.34. The van der Waals surface area contributed by atoms with Gasteiger partial charge in [0.15, 0.2) is 6.61 Å². The number of carbonyl (C=O) groups excluding carboxylic acids is 2. The third-order valence-corrected chi connectivity index (χ3v) is 6.05. The third-order valence-electron chi connectivity index (χ3n) is 6.05. The molecule has 0 bridgehead atoms. The lowest BCUT2D eigenvalue weighted by Crippen LogP contribution is -2.43. The minimum Gasteiger partial charge on any atom is -0.456 e. The number of benzene rings is 1. The van der Waals surface area contributed by atoms with Crippen molar-refractivity contribution in [1.82, 2.24) is 4.90 Å². The molecule has 1 aromatic carbocycles. The Morgan fingerprint density at radius 1 is 1.07 bits per heavy atom. The molecule has 0 radical (unpaired) electrons. The second-order valence-corrected chi connectivity index (χ2v) is 7.92. The third kappa shape index (κ3) is 5.32. The smallest absolute Gasteiger partial charge is 0.303 e. The first-order valence-electron chi connectivity index (χ1n) is 10.1. The Balaban J connectivity index is 1.46. The van der Waals surface area contributed by atoms with Crippen LogP contribution in [0.4, 0.5) is 0 Å². The average Bonchev–Trinajstić information content (AvgIpc) is 3.06. The molecule has 0 spiro atoms. The van der Waals surface area contributed by atoms with Crippen molar-refractivity contribution in [1.29, 1.82) is 0 Å². The fourth-order valence-electron chi connectivity index (χ4n) is 4.34. The molecule has 1 saturated carbocycles. The normalized spacial score (nSPS) is 28.1. The quantitative estimate of drug-likeness (QED) is 0.716. The molecule has 148 valence electrons. The molecule has 1 aromatic rings. The van der Waals surface area contributed by atoms with Crippen LogP contribution in [0.3, 0.4) is 0 Å². The van der Waals surface area contributed by atoms with Gasteiger partial charge in [0.05, 0.1) is 18.8 Å². The van der Waals surface area contributed by atoms with Crippen molar-refractivity contribution in [3.63, 3.8) is 0 Å². The first-order valence-corrected chi connectivity index (χ1v) is 10.1. The topological polar surface area (TPSA) is 55.8 Å². The van der Waals surface area contributed by atoms with Crippen molar-refractivity contribution in [3.8, 4) is 0 Å². The highest BCUT2D eigenvalue weighted by Gasteiger charge is 2.35. The molecular weight excluding hydrogens is 342 g/mol. The van der Waals surface area contributed by atoms with Crippen LogP contribution >= 0.6 is 0 Å². The summed E-state index contributed by atoms with van der Waals surface area (Å²) in [5.41, 5.74) is 1.43. The number of carbonyl (C=O) groups is 2. The minimum atomic E-state index is -0.418. The molecular formula is C22H31NO4. The number of ether oxygens (including phenoxy) is 2. The van der Waals surface area contributed by atoms with E-state index in [-0.39, 0.29) is 24.7 Å². The summed E-state index contributed by atoms with van der Waals surface area (Å²) < 4.78 is 11.1. The maximum absolute atomic E-state index is 12.3. The Bertz CT molecular complexity index is 624. The standard InChI is InChI=1S/C22H31NO4/c1-16-12-13-23(22(25)15-26-17(2)24)21(16)14-27-20-10-8-19(9-11-20)18-6-4-3-5-7-18/h3-7,16,19-21H,8-15H2,1-2H3/t16-,19?,20?,21-/m0/s1. The summed E-state index contributed by atoms with van der Waals surface area (Å²) >= 11 is 0. The van der Waals surface area contributed by atoms with Crippen LogP contribution in [0.15, 0.2) is 30.3 Å². The van der Waals surface area contributed by atoms with Crippen molar-refractivity contribution < 1.29 is 19.1 Å². The second-order valence-electron chi connectivity index (χ2n) is 7.92. The van der Waals surface area contributed by atoms with E-state index in [1.54, 1.807) is 0 Å². The van der Waals surface area contributed by atoms with E-state index in [4.69, 9.17) is 9.47 Å². The Morgan fingerprint density at radius 3 is 2.44 bits per heavy atom. The molecule has 0 N–H and O–H groups in total. The highest BCUT2D eigenvalue weighted by molar-refractivity contribution is 5.80. The van der Waals surface area contributed by atoms with Crippen molar-refractivity contribution in [2.75, 3.05) is 19.8 Å². The van der Waals surface area contributed by atoms with Gasteiger partial charge < -0.3 is 14.4 Å².